The van der Waals surface area contributed by atoms with Gasteiger partial charge in [-0.3, -0.25) is 14.5 Å². The van der Waals surface area contributed by atoms with Crippen molar-refractivity contribution in [3.63, 3.8) is 0 Å². The summed E-state index contributed by atoms with van der Waals surface area (Å²) in [6.45, 7) is 2.53. The van der Waals surface area contributed by atoms with E-state index in [2.05, 4.69) is 15.6 Å². The van der Waals surface area contributed by atoms with Crippen LogP contribution in [0.2, 0.25) is 0 Å². The second kappa shape index (κ2) is 9.30. The topological polar surface area (TPSA) is 98.1 Å². The summed E-state index contributed by atoms with van der Waals surface area (Å²) in [4.78, 5) is 29.8. The summed E-state index contributed by atoms with van der Waals surface area (Å²) in [5.41, 5.74) is 2.20. The number of amides is 2. The number of likely N-dealkylation sites (N-methyl/N-ethyl adjacent to an activating group) is 1. The van der Waals surface area contributed by atoms with E-state index in [9.17, 15) is 9.59 Å². The molecular weight excluding hydrogens is 330 g/mol. The molecule has 1 heterocycles. The normalized spacial score (nSPS) is 10.2. The lowest BCUT2D eigenvalue weighted by atomic mass is 10.2. The fourth-order valence-electron chi connectivity index (χ4n) is 2.19. The predicted octanol–water partition coefficient (Wildman–Crippen LogP) is 2.16. The number of nitrogens with one attached hydrogen (secondary N) is 2. The lowest BCUT2D eigenvalue weighted by Gasteiger charge is -2.16. The second-order valence-electron chi connectivity index (χ2n) is 5.99. The lowest BCUT2D eigenvalue weighted by Crippen LogP contribution is -2.32. The third-order valence-electron chi connectivity index (χ3n) is 3.61. The number of rotatable bonds is 7. The molecule has 0 aliphatic heterocycles. The van der Waals surface area contributed by atoms with Crippen LogP contribution in [0.1, 0.15) is 17.5 Å². The van der Waals surface area contributed by atoms with Gasteiger partial charge < -0.3 is 10.6 Å². The molecule has 0 saturated heterocycles. The molecule has 2 rings (SSSR count). The third-order valence-corrected chi connectivity index (χ3v) is 3.61. The Morgan fingerprint density at radius 1 is 1.12 bits per heavy atom. The third kappa shape index (κ3) is 6.34. The van der Waals surface area contributed by atoms with Crippen LogP contribution in [0.15, 0.2) is 42.6 Å². The number of carbonyl (C=O) groups excluding carboxylic acids is 2. The van der Waals surface area contributed by atoms with Gasteiger partial charge in [-0.05, 0) is 49.9 Å². The molecule has 7 heteroatoms. The maximum atomic E-state index is 12.0. The van der Waals surface area contributed by atoms with Gasteiger partial charge in [-0.15, -0.1) is 0 Å². The first-order valence-electron chi connectivity index (χ1n) is 8.17. The van der Waals surface area contributed by atoms with Crippen LogP contribution in [0, 0.1) is 18.3 Å². The highest BCUT2D eigenvalue weighted by Gasteiger charge is 2.10. The molecule has 0 bridgehead atoms. The Kier molecular flexibility index (Phi) is 6.83. The molecular formula is C19H21N5O2. The minimum atomic E-state index is -0.184. The lowest BCUT2D eigenvalue weighted by molar-refractivity contribution is -0.119. The van der Waals surface area contributed by atoms with Crippen LogP contribution in [0.4, 0.5) is 11.5 Å². The molecule has 26 heavy (non-hydrogen) atoms. The minimum absolute atomic E-state index is 0.151. The van der Waals surface area contributed by atoms with E-state index < -0.39 is 0 Å². The second-order valence-corrected chi connectivity index (χ2v) is 5.99. The number of hydrogen-bond acceptors (Lipinski definition) is 5. The number of nitriles is 1. The van der Waals surface area contributed by atoms with Crippen molar-refractivity contribution in [2.45, 2.75) is 13.3 Å². The number of carbonyl (C=O) groups is 2. The Labute approximate surface area is 152 Å². The van der Waals surface area contributed by atoms with Crippen LogP contribution in [0.3, 0.4) is 0 Å². The fraction of sp³-hybridized carbons (Fsp3) is 0.263. The Morgan fingerprint density at radius 2 is 1.85 bits per heavy atom. The summed E-state index contributed by atoms with van der Waals surface area (Å²) in [5.74, 6) is 0.172. The summed E-state index contributed by atoms with van der Waals surface area (Å²) >= 11 is 0. The first-order valence-corrected chi connectivity index (χ1v) is 8.17. The molecule has 0 aliphatic carbocycles. The minimum Gasteiger partial charge on any atom is -0.326 e. The van der Waals surface area contributed by atoms with Gasteiger partial charge in [-0.2, -0.15) is 5.26 Å². The Balaban J connectivity index is 1.72. The Bertz CT molecular complexity index is 794. The summed E-state index contributed by atoms with van der Waals surface area (Å²) in [6, 6.07) is 12.3. The van der Waals surface area contributed by atoms with E-state index in [4.69, 9.17) is 5.26 Å². The highest BCUT2D eigenvalue weighted by Crippen LogP contribution is 2.09. The molecule has 0 atom stereocenters. The number of anilines is 2. The maximum Gasteiger partial charge on any atom is 0.239 e. The molecule has 7 nitrogen and oxygen atoms in total. The highest BCUT2D eigenvalue weighted by molar-refractivity contribution is 5.92. The zero-order valence-electron chi connectivity index (χ0n) is 14.8. The van der Waals surface area contributed by atoms with Crippen molar-refractivity contribution in [1.82, 2.24) is 9.88 Å². The summed E-state index contributed by atoms with van der Waals surface area (Å²) < 4.78 is 0. The van der Waals surface area contributed by atoms with Crippen molar-refractivity contribution in [1.29, 1.82) is 5.26 Å². The highest BCUT2D eigenvalue weighted by atomic mass is 16.2. The molecule has 0 saturated carbocycles. The molecule has 0 fully saturated rings. The van der Waals surface area contributed by atoms with Gasteiger partial charge in [0.25, 0.3) is 0 Å². The molecule has 1 aromatic carbocycles. The zero-order chi connectivity index (χ0) is 18.9. The van der Waals surface area contributed by atoms with Crippen LogP contribution < -0.4 is 10.6 Å². The molecule has 2 aromatic rings. The molecule has 0 radical (unpaired) electrons. The first kappa shape index (κ1) is 19.1. The molecule has 2 N–H and O–H groups in total. The van der Waals surface area contributed by atoms with Crippen molar-refractivity contribution < 1.29 is 9.59 Å². The molecule has 2 amide bonds. The van der Waals surface area contributed by atoms with Gasteiger partial charge in [0.15, 0.2) is 0 Å². The van der Waals surface area contributed by atoms with Crippen LogP contribution in [-0.2, 0) is 9.59 Å². The average Bonchev–Trinajstić information content (AvgIpc) is 2.62. The monoisotopic (exact) mass is 351 g/mol. The molecule has 0 aliphatic rings. The molecule has 1 aromatic heterocycles. The van der Waals surface area contributed by atoms with Crippen molar-refractivity contribution >= 4 is 23.3 Å². The Morgan fingerprint density at radius 3 is 2.46 bits per heavy atom. The number of aryl methyl sites for hydroxylation is 1. The van der Waals surface area contributed by atoms with Crippen molar-refractivity contribution in [3.8, 4) is 6.07 Å². The zero-order valence-corrected chi connectivity index (χ0v) is 14.8. The molecule has 134 valence electrons. The van der Waals surface area contributed by atoms with Crippen molar-refractivity contribution in [2.75, 3.05) is 30.8 Å². The average molecular weight is 351 g/mol. The van der Waals surface area contributed by atoms with Gasteiger partial charge in [0, 0.05) is 24.8 Å². The van der Waals surface area contributed by atoms with Gasteiger partial charge in [0.1, 0.15) is 5.82 Å². The SMILES string of the molecule is Cc1ccc(NC(=O)CN(C)CCC(=O)Nc2ccc(C#N)cc2)nc1. The van der Waals surface area contributed by atoms with E-state index in [0.29, 0.717) is 23.6 Å². The van der Waals surface area contributed by atoms with E-state index in [1.165, 1.54) is 0 Å². The van der Waals surface area contributed by atoms with Crippen LogP contribution >= 0.6 is 0 Å². The molecule has 0 unspecified atom stereocenters. The quantitative estimate of drug-likeness (QED) is 0.796. The maximum absolute atomic E-state index is 12.0. The fourth-order valence-corrected chi connectivity index (χ4v) is 2.19. The van der Waals surface area contributed by atoms with Crippen LogP contribution in [-0.4, -0.2) is 41.8 Å². The van der Waals surface area contributed by atoms with E-state index in [0.717, 1.165) is 5.56 Å². The summed E-state index contributed by atoms with van der Waals surface area (Å²) in [7, 11) is 1.77. The van der Waals surface area contributed by atoms with E-state index in [1.54, 1.807) is 48.5 Å². The first-order chi connectivity index (χ1) is 12.5. The van der Waals surface area contributed by atoms with Gasteiger partial charge in [0.05, 0.1) is 18.2 Å². The van der Waals surface area contributed by atoms with Crippen molar-refractivity contribution in [2.24, 2.45) is 0 Å². The number of benzene rings is 1. The van der Waals surface area contributed by atoms with Crippen LogP contribution in [0.5, 0.6) is 0 Å². The van der Waals surface area contributed by atoms with Crippen LogP contribution in [0.25, 0.3) is 0 Å². The standard InChI is InChI=1S/C19H21N5O2/c1-14-3-8-17(21-12-14)23-19(26)13-24(2)10-9-18(25)22-16-6-4-15(11-20)5-7-16/h3-8,12H,9-10,13H2,1-2H3,(H,22,25)(H,21,23,26). The van der Waals surface area contributed by atoms with E-state index in [1.807, 2.05) is 19.1 Å². The predicted molar refractivity (Wildman–Crippen MR) is 99.5 cm³/mol. The van der Waals surface area contributed by atoms with E-state index in [-0.39, 0.29) is 24.8 Å². The summed E-state index contributed by atoms with van der Waals surface area (Å²) in [5, 5.41) is 14.2. The number of hydrogen-bond donors (Lipinski definition) is 2. The van der Waals surface area contributed by atoms with Gasteiger partial charge >= 0.3 is 0 Å². The smallest absolute Gasteiger partial charge is 0.239 e. The largest absolute Gasteiger partial charge is 0.326 e. The number of nitrogens with zero attached hydrogens (tertiary/aromatic N) is 3. The molecule has 0 spiro atoms. The summed E-state index contributed by atoms with van der Waals surface area (Å²) in [6.07, 6.45) is 1.94. The van der Waals surface area contributed by atoms with Gasteiger partial charge in [0.2, 0.25) is 11.8 Å². The van der Waals surface area contributed by atoms with Gasteiger partial charge in [-0.25, -0.2) is 4.98 Å². The van der Waals surface area contributed by atoms with Crippen molar-refractivity contribution in [3.05, 3.63) is 53.7 Å². The Hall–Kier alpha value is -3.24. The number of aromatic nitrogens is 1. The van der Waals surface area contributed by atoms with Gasteiger partial charge in [-0.1, -0.05) is 6.07 Å². The number of pyridine rings is 1. The van der Waals surface area contributed by atoms with E-state index >= 15 is 0 Å².